The zero-order valence-corrected chi connectivity index (χ0v) is 13.5. The van der Waals surface area contributed by atoms with Gasteiger partial charge in [-0.3, -0.25) is 9.78 Å². The minimum atomic E-state index is -0.255. The molecule has 0 bridgehead atoms. The summed E-state index contributed by atoms with van der Waals surface area (Å²) in [5, 5.41) is 0. The molecule has 0 N–H and O–H groups in total. The number of carbonyl (C=O) groups excluding carboxylic acids is 1. The average molecular weight is 324 g/mol. The smallest absolute Gasteiger partial charge is 0.251 e. The number of carbonyl (C=O) groups is 1. The molecule has 124 valence electrons. The zero-order chi connectivity index (χ0) is 16.4. The van der Waals surface area contributed by atoms with Crippen molar-refractivity contribution in [3.8, 4) is 11.3 Å². The van der Waals surface area contributed by atoms with Crippen molar-refractivity contribution in [3.63, 3.8) is 0 Å². The number of hydrogen-bond acceptors (Lipinski definition) is 5. The third-order valence-corrected chi connectivity index (χ3v) is 4.74. The second kappa shape index (κ2) is 6.65. The predicted octanol–water partition coefficient (Wildman–Crippen LogP) is 1.64. The molecule has 0 aliphatic carbocycles. The van der Waals surface area contributed by atoms with Crippen LogP contribution in [0.1, 0.15) is 24.1 Å². The number of ether oxygens (including phenoxy) is 1. The highest BCUT2D eigenvalue weighted by atomic mass is 16.5. The minimum absolute atomic E-state index is 0.121. The van der Waals surface area contributed by atoms with Crippen molar-refractivity contribution in [2.24, 2.45) is 0 Å². The zero-order valence-electron chi connectivity index (χ0n) is 13.5. The number of aromatic nitrogens is 3. The van der Waals surface area contributed by atoms with Crippen LogP contribution in [0.3, 0.4) is 0 Å². The molecule has 6 nitrogen and oxygen atoms in total. The van der Waals surface area contributed by atoms with E-state index >= 15 is 0 Å². The van der Waals surface area contributed by atoms with Crippen molar-refractivity contribution in [2.45, 2.75) is 31.8 Å². The summed E-state index contributed by atoms with van der Waals surface area (Å²) in [5.41, 5.74) is 4.09. The Hall–Kier alpha value is -2.34. The second-order valence-corrected chi connectivity index (χ2v) is 6.22. The normalized spacial score (nSPS) is 20.5. The Morgan fingerprint density at radius 2 is 2.17 bits per heavy atom. The van der Waals surface area contributed by atoms with Crippen LogP contribution < -0.4 is 0 Å². The first-order valence-electron chi connectivity index (χ1n) is 8.46. The SMILES string of the molecule is O=C([C@H]1CCCO1)N1CCc2ncnc(-c3cccnc3)c2CC1. The van der Waals surface area contributed by atoms with Gasteiger partial charge in [0.1, 0.15) is 12.4 Å². The first-order valence-corrected chi connectivity index (χ1v) is 8.46. The molecule has 1 amide bonds. The molecule has 4 heterocycles. The maximum atomic E-state index is 12.6. The molecule has 24 heavy (non-hydrogen) atoms. The second-order valence-electron chi connectivity index (χ2n) is 6.22. The minimum Gasteiger partial charge on any atom is -0.368 e. The molecule has 2 aromatic rings. The summed E-state index contributed by atoms with van der Waals surface area (Å²) in [6, 6.07) is 3.92. The van der Waals surface area contributed by atoms with Gasteiger partial charge in [-0.1, -0.05) is 0 Å². The topological polar surface area (TPSA) is 68.2 Å². The van der Waals surface area contributed by atoms with Gasteiger partial charge in [0.05, 0.1) is 5.69 Å². The quantitative estimate of drug-likeness (QED) is 0.840. The summed E-state index contributed by atoms with van der Waals surface area (Å²) < 4.78 is 5.55. The standard InChI is InChI=1S/C18H20N4O2/c23-18(16-4-2-10-24-16)22-8-5-14-15(6-9-22)20-12-21-17(14)13-3-1-7-19-11-13/h1,3,7,11-12,16H,2,4-6,8-10H2/t16-/m1/s1. The van der Waals surface area contributed by atoms with Gasteiger partial charge in [0.15, 0.2) is 0 Å². The number of rotatable bonds is 2. The van der Waals surface area contributed by atoms with E-state index in [2.05, 4.69) is 15.0 Å². The number of pyridine rings is 1. The highest BCUT2D eigenvalue weighted by Crippen LogP contribution is 2.26. The van der Waals surface area contributed by atoms with E-state index in [-0.39, 0.29) is 12.0 Å². The maximum Gasteiger partial charge on any atom is 0.251 e. The summed E-state index contributed by atoms with van der Waals surface area (Å²) in [4.78, 5) is 27.7. The average Bonchev–Trinajstić information content (AvgIpc) is 3.08. The largest absolute Gasteiger partial charge is 0.368 e. The van der Waals surface area contributed by atoms with Crippen LogP contribution in [0.25, 0.3) is 11.3 Å². The number of nitrogens with zero attached hydrogens (tertiary/aromatic N) is 4. The third kappa shape index (κ3) is 2.89. The first kappa shape index (κ1) is 15.2. The summed E-state index contributed by atoms with van der Waals surface area (Å²) >= 11 is 0. The molecule has 2 aromatic heterocycles. The van der Waals surface area contributed by atoms with Gasteiger partial charge in [0, 0.05) is 55.3 Å². The van der Waals surface area contributed by atoms with Gasteiger partial charge in [0.25, 0.3) is 5.91 Å². The van der Waals surface area contributed by atoms with Crippen molar-refractivity contribution in [1.29, 1.82) is 0 Å². The highest BCUT2D eigenvalue weighted by Gasteiger charge is 2.30. The lowest BCUT2D eigenvalue weighted by Crippen LogP contribution is -2.40. The van der Waals surface area contributed by atoms with E-state index in [0.29, 0.717) is 19.7 Å². The molecule has 0 radical (unpaired) electrons. The van der Waals surface area contributed by atoms with Gasteiger partial charge >= 0.3 is 0 Å². The molecule has 1 atom stereocenters. The monoisotopic (exact) mass is 324 g/mol. The van der Waals surface area contributed by atoms with Gasteiger partial charge < -0.3 is 9.64 Å². The van der Waals surface area contributed by atoms with E-state index in [1.54, 1.807) is 12.5 Å². The fraction of sp³-hybridized carbons (Fsp3) is 0.444. The molecular formula is C18H20N4O2. The van der Waals surface area contributed by atoms with Crippen LogP contribution in [0.5, 0.6) is 0 Å². The van der Waals surface area contributed by atoms with Crippen LogP contribution in [0, 0.1) is 0 Å². The molecule has 1 fully saturated rings. The molecule has 0 spiro atoms. The molecule has 0 aromatic carbocycles. The van der Waals surface area contributed by atoms with E-state index < -0.39 is 0 Å². The van der Waals surface area contributed by atoms with Crippen molar-refractivity contribution < 1.29 is 9.53 Å². The van der Waals surface area contributed by atoms with E-state index in [4.69, 9.17) is 4.74 Å². The summed E-state index contributed by atoms with van der Waals surface area (Å²) in [6.07, 6.45) is 8.26. The highest BCUT2D eigenvalue weighted by molar-refractivity contribution is 5.81. The molecule has 1 saturated heterocycles. The first-order chi connectivity index (χ1) is 11.8. The molecule has 6 heteroatoms. The Morgan fingerprint density at radius 1 is 1.25 bits per heavy atom. The molecule has 4 rings (SSSR count). The van der Waals surface area contributed by atoms with Gasteiger partial charge in [0.2, 0.25) is 0 Å². The molecule has 2 aliphatic rings. The van der Waals surface area contributed by atoms with Crippen LogP contribution in [0.4, 0.5) is 0 Å². The molecule has 2 aliphatic heterocycles. The fourth-order valence-electron chi connectivity index (χ4n) is 3.47. The lowest BCUT2D eigenvalue weighted by molar-refractivity contribution is -0.140. The van der Waals surface area contributed by atoms with E-state index in [1.165, 1.54) is 0 Å². The lowest BCUT2D eigenvalue weighted by Gasteiger charge is -2.23. The van der Waals surface area contributed by atoms with Gasteiger partial charge in [-0.05, 0) is 31.4 Å². The fourth-order valence-corrected chi connectivity index (χ4v) is 3.47. The van der Waals surface area contributed by atoms with Gasteiger partial charge in [-0.15, -0.1) is 0 Å². The molecular weight excluding hydrogens is 304 g/mol. The van der Waals surface area contributed by atoms with Crippen LogP contribution in [0.2, 0.25) is 0 Å². The lowest BCUT2D eigenvalue weighted by atomic mass is 10.0. The van der Waals surface area contributed by atoms with Crippen molar-refractivity contribution >= 4 is 5.91 Å². The van der Waals surface area contributed by atoms with Crippen LogP contribution >= 0.6 is 0 Å². The predicted molar refractivity (Wildman–Crippen MR) is 88.2 cm³/mol. The van der Waals surface area contributed by atoms with Gasteiger partial charge in [-0.25, -0.2) is 9.97 Å². The van der Waals surface area contributed by atoms with Crippen LogP contribution in [-0.2, 0) is 22.4 Å². The van der Waals surface area contributed by atoms with Gasteiger partial charge in [-0.2, -0.15) is 0 Å². The Bertz CT molecular complexity index is 729. The Balaban J connectivity index is 1.58. The third-order valence-electron chi connectivity index (χ3n) is 4.74. The summed E-state index contributed by atoms with van der Waals surface area (Å²) in [6.45, 7) is 2.07. The Morgan fingerprint density at radius 3 is 2.96 bits per heavy atom. The van der Waals surface area contributed by atoms with Crippen molar-refractivity contribution in [3.05, 3.63) is 42.1 Å². The number of hydrogen-bond donors (Lipinski definition) is 0. The Kier molecular flexibility index (Phi) is 4.21. The maximum absolute atomic E-state index is 12.6. The van der Waals surface area contributed by atoms with Crippen LogP contribution in [0.15, 0.2) is 30.9 Å². The summed E-state index contributed by atoms with van der Waals surface area (Å²) in [7, 11) is 0. The number of amides is 1. The Labute approximate surface area is 140 Å². The van der Waals surface area contributed by atoms with Crippen molar-refractivity contribution in [1.82, 2.24) is 19.9 Å². The number of fused-ring (bicyclic) bond motifs is 1. The van der Waals surface area contributed by atoms with Crippen molar-refractivity contribution in [2.75, 3.05) is 19.7 Å². The van der Waals surface area contributed by atoms with E-state index in [0.717, 1.165) is 48.2 Å². The van der Waals surface area contributed by atoms with E-state index in [9.17, 15) is 4.79 Å². The molecule has 0 unspecified atom stereocenters. The van der Waals surface area contributed by atoms with E-state index in [1.807, 2.05) is 23.2 Å². The molecule has 0 saturated carbocycles. The van der Waals surface area contributed by atoms with Crippen LogP contribution in [-0.4, -0.2) is 51.6 Å². The summed E-state index contributed by atoms with van der Waals surface area (Å²) in [5.74, 6) is 0.121.